The molecule has 2 fully saturated rings. The number of rotatable bonds is 6. The lowest BCUT2D eigenvalue weighted by Gasteiger charge is -2.38. The first kappa shape index (κ1) is 24.9. The van der Waals surface area contributed by atoms with Crippen LogP contribution in [0.5, 0.6) is 5.75 Å². The lowest BCUT2D eigenvalue weighted by atomic mass is 9.98. The highest BCUT2D eigenvalue weighted by molar-refractivity contribution is 7.89. The molecule has 0 bridgehead atoms. The van der Waals surface area contributed by atoms with Crippen LogP contribution in [0.15, 0.2) is 17.0 Å². The third-order valence-electron chi connectivity index (χ3n) is 7.04. The van der Waals surface area contributed by atoms with E-state index in [0.717, 1.165) is 26.1 Å². The summed E-state index contributed by atoms with van der Waals surface area (Å²) in [6.07, 6.45) is 2.31. The molecule has 9 nitrogen and oxygen atoms in total. The molecule has 0 spiro atoms. The SMILES string of the molecule is CCCN1CCN(C(=O)[C@@H]2CCCN(S(=O)(=O)c3cc4c(cc3C)NC(=O)[C@@H](CC)O4)C2)CC1. The monoisotopic (exact) mass is 492 g/mol. The number of hydrogen-bond donors (Lipinski definition) is 1. The molecule has 0 unspecified atom stereocenters. The van der Waals surface area contributed by atoms with Gasteiger partial charge in [-0.15, -0.1) is 0 Å². The minimum atomic E-state index is -3.82. The molecule has 1 N–H and O–H groups in total. The van der Waals surface area contributed by atoms with Crippen LogP contribution in [-0.2, 0) is 19.6 Å². The van der Waals surface area contributed by atoms with Gasteiger partial charge in [0.2, 0.25) is 15.9 Å². The van der Waals surface area contributed by atoms with Crippen molar-refractivity contribution >= 4 is 27.5 Å². The van der Waals surface area contributed by atoms with Crippen LogP contribution in [0.2, 0.25) is 0 Å². The Bertz CT molecular complexity index is 1040. The van der Waals surface area contributed by atoms with Crippen LogP contribution < -0.4 is 10.1 Å². The zero-order chi connectivity index (χ0) is 24.5. The largest absolute Gasteiger partial charge is 0.478 e. The summed E-state index contributed by atoms with van der Waals surface area (Å²) in [5.41, 5.74) is 1.03. The normalized spacial score (nSPS) is 24.3. The zero-order valence-corrected chi connectivity index (χ0v) is 21.2. The van der Waals surface area contributed by atoms with Crippen molar-refractivity contribution in [2.24, 2.45) is 5.92 Å². The molecule has 3 aliphatic rings. The number of sulfonamides is 1. The molecule has 0 radical (unpaired) electrons. The highest BCUT2D eigenvalue weighted by Gasteiger charge is 2.37. The molecule has 1 aromatic rings. The fraction of sp³-hybridized carbons (Fsp3) is 0.667. The average molecular weight is 493 g/mol. The number of carbonyl (C=O) groups excluding carboxylic acids is 2. The number of piperazine rings is 1. The number of carbonyl (C=O) groups is 2. The molecule has 3 heterocycles. The summed E-state index contributed by atoms with van der Waals surface area (Å²) in [4.78, 5) is 29.8. The van der Waals surface area contributed by atoms with Gasteiger partial charge in [0.25, 0.3) is 5.91 Å². The number of piperidine rings is 1. The third-order valence-corrected chi connectivity index (χ3v) is 9.05. The summed E-state index contributed by atoms with van der Waals surface area (Å²) in [5, 5.41) is 2.80. The number of ether oxygens (including phenoxy) is 1. The molecule has 2 atom stereocenters. The zero-order valence-electron chi connectivity index (χ0n) is 20.4. The molecule has 0 saturated carbocycles. The van der Waals surface area contributed by atoms with Gasteiger partial charge in [-0.3, -0.25) is 14.5 Å². The van der Waals surface area contributed by atoms with Crippen molar-refractivity contribution in [1.82, 2.24) is 14.1 Å². The van der Waals surface area contributed by atoms with Crippen LogP contribution in [0.1, 0.15) is 45.1 Å². The quantitative estimate of drug-likeness (QED) is 0.653. The number of hydrogen-bond acceptors (Lipinski definition) is 6. The Morgan fingerprint density at radius 1 is 1.15 bits per heavy atom. The highest BCUT2D eigenvalue weighted by atomic mass is 32.2. The minimum absolute atomic E-state index is 0.0649. The van der Waals surface area contributed by atoms with E-state index in [9.17, 15) is 18.0 Å². The number of aryl methyl sites for hydroxylation is 1. The van der Waals surface area contributed by atoms with Gasteiger partial charge >= 0.3 is 0 Å². The highest BCUT2D eigenvalue weighted by Crippen LogP contribution is 2.36. The Morgan fingerprint density at radius 3 is 2.56 bits per heavy atom. The lowest BCUT2D eigenvalue weighted by molar-refractivity contribution is -0.138. The molecule has 10 heteroatoms. The summed E-state index contributed by atoms with van der Waals surface area (Å²) in [5.74, 6) is -0.114. The van der Waals surface area contributed by atoms with Gasteiger partial charge in [-0.2, -0.15) is 4.31 Å². The van der Waals surface area contributed by atoms with Crippen LogP contribution >= 0.6 is 0 Å². The molecular formula is C24H36N4O5S. The first-order chi connectivity index (χ1) is 16.2. The average Bonchev–Trinajstić information content (AvgIpc) is 2.83. The predicted octanol–water partition coefficient (Wildman–Crippen LogP) is 2.06. The summed E-state index contributed by atoms with van der Waals surface area (Å²) < 4.78 is 34.5. The number of amides is 2. The van der Waals surface area contributed by atoms with Gasteiger partial charge in [0, 0.05) is 45.3 Å². The fourth-order valence-corrected chi connectivity index (χ4v) is 6.84. The first-order valence-electron chi connectivity index (χ1n) is 12.4. The van der Waals surface area contributed by atoms with Crippen molar-refractivity contribution in [2.45, 2.75) is 57.5 Å². The standard InChI is InChI=1S/C24H36N4O5S/c1-4-8-26-10-12-27(13-11-26)24(30)18-7-6-9-28(16-18)34(31,32)22-15-21-19(14-17(22)3)25-23(29)20(5-2)33-21/h14-15,18,20H,4-13,16H2,1-3H3,(H,25,29)/t18-,20-/m1/s1. The molecule has 0 aliphatic carbocycles. The van der Waals surface area contributed by atoms with Crippen molar-refractivity contribution < 1.29 is 22.7 Å². The number of nitrogens with zero attached hydrogens (tertiary/aromatic N) is 3. The topological polar surface area (TPSA) is 99.3 Å². The molecule has 3 aliphatic heterocycles. The molecule has 4 rings (SSSR count). The Hall–Kier alpha value is -2.17. The van der Waals surface area contributed by atoms with E-state index in [1.165, 1.54) is 10.4 Å². The molecule has 0 aromatic heterocycles. The summed E-state index contributed by atoms with van der Waals surface area (Å²) in [6.45, 7) is 10.5. The maximum Gasteiger partial charge on any atom is 0.265 e. The molecule has 1 aromatic carbocycles. The van der Waals surface area contributed by atoms with E-state index < -0.39 is 16.1 Å². The van der Waals surface area contributed by atoms with E-state index in [-0.39, 0.29) is 29.2 Å². The van der Waals surface area contributed by atoms with Crippen molar-refractivity contribution in [2.75, 3.05) is 51.1 Å². The first-order valence-corrected chi connectivity index (χ1v) is 13.8. The summed E-state index contributed by atoms with van der Waals surface area (Å²) >= 11 is 0. The van der Waals surface area contributed by atoms with E-state index >= 15 is 0 Å². The number of anilines is 1. The Kier molecular flexibility index (Phi) is 7.49. The van der Waals surface area contributed by atoms with Crippen LogP contribution in [-0.4, -0.2) is 86.3 Å². The van der Waals surface area contributed by atoms with Gasteiger partial charge in [0.05, 0.1) is 16.5 Å². The molecular weight excluding hydrogens is 456 g/mol. The second-order valence-electron chi connectivity index (χ2n) is 9.49. The van der Waals surface area contributed by atoms with Gasteiger partial charge < -0.3 is 15.0 Å². The van der Waals surface area contributed by atoms with Crippen molar-refractivity contribution in [3.63, 3.8) is 0 Å². The summed E-state index contributed by atoms with van der Waals surface area (Å²) in [7, 11) is -3.82. The second kappa shape index (κ2) is 10.2. The van der Waals surface area contributed by atoms with E-state index in [1.54, 1.807) is 13.0 Å². The van der Waals surface area contributed by atoms with Gasteiger partial charge in [-0.1, -0.05) is 13.8 Å². The van der Waals surface area contributed by atoms with Crippen LogP contribution in [0.25, 0.3) is 0 Å². The van der Waals surface area contributed by atoms with Crippen LogP contribution in [0.4, 0.5) is 5.69 Å². The summed E-state index contributed by atoms with van der Waals surface area (Å²) in [6, 6.07) is 3.16. The Labute approximate surface area is 202 Å². The predicted molar refractivity (Wildman–Crippen MR) is 129 cm³/mol. The van der Waals surface area contributed by atoms with Gasteiger partial charge in [0.15, 0.2) is 6.10 Å². The van der Waals surface area contributed by atoms with E-state index in [4.69, 9.17) is 4.74 Å². The minimum Gasteiger partial charge on any atom is -0.478 e. The maximum atomic E-state index is 13.6. The third kappa shape index (κ3) is 4.94. The maximum absolute atomic E-state index is 13.6. The number of fused-ring (bicyclic) bond motifs is 1. The van der Waals surface area contributed by atoms with Crippen LogP contribution in [0.3, 0.4) is 0 Å². The lowest BCUT2D eigenvalue weighted by Crippen LogP contribution is -2.53. The second-order valence-corrected chi connectivity index (χ2v) is 11.4. The van der Waals surface area contributed by atoms with E-state index in [1.807, 2.05) is 11.8 Å². The van der Waals surface area contributed by atoms with Gasteiger partial charge in [0.1, 0.15) is 5.75 Å². The van der Waals surface area contributed by atoms with Crippen molar-refractivity contribution in [1.29, 1.82) is 0 Å². The van der Waals surface area contributed by atoms with Crippen LogP contribution in [0, 0.1) is 12.8 Å². The van der Waals surface area contributed by atoms with Gasteiger partial charge in [-0.25, -0.2) is 8.42 Å². The molecule has 188 valence electrons. The molecule has 34 heavy (non-hydrogen) atoms. The van der Waals surface area contributed by atoms with Crippen molar-refractivity contribution in [3.05, 3.63) is 17.7 Å². The van der Waals surface area contributed by atoms with E-state index in [0.29, 0.717) is 55.9 Å². The van der Waals surface area contributed by atoms with Gasteiger partial charge in [-0.05, 0) is 50.8 Å². The van der Waals surface area contributed by atoms with E-state index in [2.05, 4.69) is 17.1 Å². The molecule has 2 amide bonds. The Balaban J connectivity index is 1.49. The number of benzene rings is 1. The molecule has 2 saturated heterocycles. The number of nitrogens with one attached hydrogen (secondary N) is 1. The van der Waals surface area contributed by atoms with Crippen molar-refractivity contribution in [3.8, 4) is 5.75 Å². The Morgan fingerprint density at radius 2 is 1.88 bits per heavy atom. The smallest absolute Gasteiger partial charge is 0.265 e. The fourth-order valence-electron chi connectivity index (χ4n) is 5.10.